The summed E-state index contributed by atoms with van der Waals surface area (Å²) in [6.07, 6.45) is 1.11. The van der Waals surface area contributed by atoms with Gasteiger partial charge in [-0.2, -0.15) is 0 Å². The maximum absolute atomic E-state index is 13.8. The molecule has 1 N–H and O–H groups in total. The number of halogens is 1. The first kappa shape index (κ1) is 14.5. The number of aromatic nitrogens is 1. The lowest BCUT2D eigenvalue weighted by Crippen LogP contribution is -2.22. The molecule has 0 bridgehead atoms. The minimum Gasteiger partial charge on any atom is -0.387 e. The molecule has 1 aromatic carbocycles. The van der Waals surface area contributed by atoms with Gasteiger partial charge in [0.15, 0.2) is 0 Å². The predicted octanol–water partition coefficient (Wildman–Crippen LogP) is 3.47. The van der Waals surface area contributed by atoms with E-state index in [1.165, 1.54) is 6.07 Å². The van der Waals surface area contributed by atoms with Crippen LogP contribution in [-0.2, 0) is 0 Å². The van der Waals surface area contributed by atoms with E-state index in [0.29, 0.717) is 11.3 Å². The Morgan fingerprint density at radius 2 is 1.85 bits per heavy atom. The van der Waals surface area contributed by atoms with Crippen LogP contribution < -0.4 is 4.90 Å². The van der Waals surface area contributed by atoms with Crippen LogP contribution in [0.5, 0.6) is 0 Å². The molecule has 0 aliphatic carbocycles. The molecule has 1 aromatic heterocycles. The first-order valence-corrected chi connectivity index (χ1v) is 6.62. The summed E-state index contributed by atoms with van der Waals surface area (Å²) >= 11 is 0. The van der Waals surface area contributed by atoms with Gasteiger partial charge in [-0.15, -0.1) is 0 Å². The van der Waals surface area contributed by atoms with E-state index in [2.05, 4.69) is 4.98 Å². The van der Waals surface area contributed by atoms with Gasteiger partial charge in [0, 0.05) is 12.6 Å². The maximum atomic E-state index is 13.8. The molecule has 3 nitrogen and oxygen atoms in total. The minimum atomic E-state index is -0.585. The number of hydrogen-bond acceptors (Lipinski definition) is 3. The average Bonchev–Trinajstić information content (AvgIpc) is 2.46. The van der Waals surface area contributed by atoms with E-state index in [0.717, 1.165) is 5.69 Å². The monoisotopic (exact) mass is 274 g/mol. The summed E-state index contributed by atoms with van der Waals surface area (Å²) in [6, 6.07) is 10.3. The Kier molecular flexibility index (Phi) is 4.35. The third-order valence-corrected chi connectivity index (χ3v) is 3.54. The van der Waals surface area contributed by atoms with Gasteiger partial charge in [-0.05, 0) is 32.0 Å². The van der Waals surface area contributed by atoms with Gasteiger partial charge in [-0.3, -0.25) is 4.98 Å². The SMILES string of the molecule is CC(O)c1ccc(N(C)C(C)c2ccccc2F)cn1. The van der Waals surface area contributed by atoms with E-state index >= 15 is 0 Å². The van der Waals surface area contributed by atoms with Crippen molar-refractivity contribution in [3.05, 3.63) is 59.7 Å². The number of pyridine rings is 1. The Morgan fingerprint density at radius 3 is 2.40 bits per heavy atom. The number of benzene rings is 1. The third kappa shape index (κ3) is 2.96. The Morgan fingerprint density at radius 1 is 1.15 bits per heavy atom. The zero-order chi connectivity index (χ0) is 14.7. The van der Waals surface area contributed by atoms with Crippen molar-refractivity contribution in [1.29, 1.82) is 0 Å². The van der Waals surface area contributed by atoms with Crippen LogP contribution in [-0.4, -0.2) is 17.1 Å². The summed E-state index contributed by atoms with van der Waals surface area (Å²) in [5, 5.41) is 9.45. The fraction of sp³-hybridized carbons (Fsp3) is 0.312. The molecule has 1 heterocycles. The lowest BCUT2D eigenvalue weighted by Gasteiger charge is -2.27. The van der Waals surface area contributed by atoms with Gasteiger partial charge in [0.2, 0.25) is 0 Å². The lowest BCUT2D eigenvalue weighted by atomic mass is 10.1. The molecule has 0 radical (unpaired) electrons. The second-order valence-electron chi connectivity index (χ2n) is 4.93. The second kappa shape index (κ2) is 6.01. The molecule has 2 rings (SSSR count). The van der Waals surface area contributed by atoms with Crippen molar-refractivity contribution in [2.45, 2.75) is 26.0 Å². The highest BCUT2D eigenvalue weighted by molar-refractivity contribution is 5.46. The molecule has 106 valence electrons. The van der Waals surface area contributed by atoms with E-state index in [1.54, 1.807) is 31.3 Å². The molecule has 2 aromatic rings. The average molecular weight is 274 g/mol. The van der Waals surface area contributed by atoms with E-state index in [-0.39, 0.29) is 11.9 Å². The molecular formula is C16H19FN2O. The summed E-state index contributed by atoms with van der Waals surface area (Å²) in [4.78, 5) is 6.17. The minimum absolute atomic E-state index is 0.101. The van der Waals surface area contributed by atoms with Crippen LogP contribution in [0, 0.1) is 5.82 Å². The Balaban J connectivity index is 2.22. The summed E-state index contributed by atoms with van der Waals surface area (Å²) in [5.74, 6) is -0.208. The van der Waals surface area contributed by atoms with Crippen molar-refractivity contribution in [2.75, 3.05) is 11.9 Å². The van der Waals surface area contributed by atoms with Crippen LogP contribution in [0.3, 0.4) is 0 Å². The Labute approximate surface area is 118 Å². The van der Waals surface area contributed by atoms with Crippen molar-refractivity contribution in [3.8, 4) is 0 Å². The largest absolute Gasteiger partial charge is 0.387 e. The van der Waals surface area contributed by atoms with Crippen molar-refractivity contribution in [1.82, 2.24) is 4.98 Å². The van der Waals surface area contributed by atoms with E-state index in [9.17, 15) is 9.50 Å². The van der Waals surface area contributed by atoms with Gasteiger partial charge in [-0.25, -0.2) is 4.39 Å². The molecule has 0 aliphatic rings. The highest BCUT2D eigenvalue weighted by Crippen LogP contribution is 2.26. The Bertz CT molecular complexity index is 569. The first-order valence-electron chi connectivity index (χ1n) is 6.62. The molecule has 0 saturated heterocycles. The van der Waals surface area contributed by atoms with Crippen molar-refractivity contribution < 1.29 is 9.50 Å². The van der Waals surface area contributed by atoms with E-state index in [4.69, 9.17) is 0 Å². The normalized spacial score (nSPS) is 13.8. The number of aliphatic hydroxyl groups excluding tert-OH is 1. The van der Waals surface area contributed by atoms with Gasteiger partial charge in [0.25, 0.3) is 0 Å². The topological polar surface area (TPSA) is 36.4 Å². The highest BCUT2D eigenvalue weighted by atomic mass is 19.1. The summed E-state index contributed by atoms with van der Waals surface area (Å²) in [6.45, 7) is 3.62. The van der Waals surface area contributed by atoms with Crippen LogP contribution in [0.25, 0.3) is 0 Å². The van der Waals surface area contributed by atoms with Crippen LogP contribution in [0.1, 0.15) is 37.3 Å². The van der Waals surface area contributed by atoms with Crippen molar-refractivity contribution >= 4 is 5.69 Å². The summed E-state index contributed by atoms with van der Waals surface area (Å²) in [5.41, 5.74) is 2.15. The second-order valence-corrected chi connectivity index (χ2v) is 4.93. The smallest absolute Gasteiger partial charge is 0.128 e. The van der Waals surface area contributed by atoms with Gasteiger partial charge >= 0.3 is 0 Å². The van der Waals surface area contributed by atoms with Crippen LogP contribution in [0.15, 0.2) is 42.6 Å². The molecule has 0 aliphatic heterocycles. The third-order valence-electron chi connectivity index (χ3n) is 3.54. The zero-order valence-electron chi connectivity index (χ0n) is 11.9. The molecule has 2 unspecified atom stereocenters. The number of nitrogens with zero attached hydrogens (tertiary/aromatic N) is 2. The predicted molar refractivity (Wildman–Crippen MR) is 78.1 cm³/mol. The fourth-order valence-corrected chi connectivity index (χ4v) is 2.10. The molecular weight excluding hydrogens is 255 g/mol. The van der Waals surface area contributed by atoms with Gasteiger partial charge in [-0.1, -0.05) is 18.2 Å². The number of anilines is 1. The maximum Gasteiger partial charge on any atom is 0.128 e. The number of hydrogen-bond donors (Lipinski definition) is 1. The molecule has 4 heteroatoms. The molecule has 0 amide bonds. The Hall–Kier alpha value is -1.94. The van der Waals surface area contributed by atoms with Crippen LogP contribution >= 0.6 is 0 Å². The number of aliphatic hydroxyl groups is 1. The number of rotatable bonds is 4. The molecule has 20 heavy (non-hydrogen) atoms. The summed E-state index contributed by atoms with van der Waals surface area (Å²) < 4.78 is 13.8. The standard InChI is InChI=1S/C16H19FN2O/c1-11(14-6-4-5-7-15(14)17)19(3)13-8-9-16(12(2)20)18-10-13/h4-12,20H,1-3H3. The lowest BCUT2D eigenvalue weighted by molar-refractivity contribution is 0.194. The molecule has 0 spiro atoms. The van der Waals surface area contributed by atoms with Crippen LogP contribution in [0.2, 0.25) is 0 Å². The fourth-order valence-electron chi connectivity index (χ4n) is 2.10. The van der Waals surface area contributed by atoms with Gasteiger partial charge in [0.1, 0.15) is 5.82 Å². The molecule has 0 fully saturated rings. The zero-order valence-corrected chi connectivity index (χ0v) is 11.9. The van der Waals surface area contributed by atoms with E-state index < -0.39 is 6.10 Å². The molecule has 0 saturated carbocycles. The van der Waals surface area contributed by atoms with Crippen molar-refractivity contribution in [2.24, 2.45) is 0 Å². The molecule has 2 atom stereocenters. The van der Waals surface area contributed by atoms with Crippen molar-refractivity contribution in [3.63, 3.8) is 0 Å². The van der Waals surface area contributed by atoms with Gasteiger partial charge < -0.3 is 10.0 Å². The highest BCUT2D eigenvalue weighted by Gasteiger charge is 2.16. The first-order chi connectivity index (χ1) is 9.50. The van der Waals surface area contributed by atoms with Gasteiger partial charge in [0.05, 0.1) is 29.7 Å². The quantitative estimate of drug-likeness (QED) is 0.927. The van der Waals surface area contributed by atoms with E-state index in [1.807, 2.05) is 31.0 Å². The van der Waals surface area contributed by atoms with Crippen LogP contribution in [0.4, 0.5) is 10.1 Å². The summed E-state index contributed by atoms with van der Waals surface area (Å²) in [7, 11) is 1.90.